The number of carbonyl (C=O) groups excluding carboxylic acids is 2. The molecule has 126 valence electrons. The van der Waals surface area contributed by atoms with Crippen molar-refractivity contribution in [2.75, 3.05) is 18.2 Å². The van der Waals surface area contributed by atoms with E-state index in [4.69, 9.17) is 5.11 Å². The van der Waals surface area contributed by atoms with E-state index in [2.05, 4.69) is 5.32 Å². The van der Waals surface area contributed by atoms with Gasteiger partial charge in [-0.3, -0.25) is 9.59 Å². The van der Waals surface area contributed by atoms with Crippen LogP contribution in [-0.4, -0.2) is 58.3 Å². The van der Waals surface area contributed by atoms with Gasteiger partial charge < -0.3 is 15.3 Å². The van der Waals surface area contributed by atoms with Crippen LogP contribution in [0.1, 0.15) is 25.7 Å². The molecule has 1 saturated carbocycles. The van der Waals surface area contributed by atoms with Gasteiger partial charge in [0.1, 0.15) is 6.04 Å². The summed E-state index contributed by atoms with van der Waals surface area (Å²) in [7, 11) is 0. The Hall–Kier alpha value is -0.960. The molecule has 2 fully saturated rings. The summed E-state index contributed by atoms with van der Waals surface area (Å²) in [5, 5.41) is 11.3. The van der Waals surface area contributed by atoms with Gasteiger partial charge in [-0.2, -0.15) is 13.2 Å². The first-order valence-electron chi connectivity index (χ1n) is 7.21. The fourth-order valence-corrected chi connectivity index (χ4v) is 3.54. The fourth-order valence-electron chi connectivity index (χ4n) is 2.38. The number of amides is 2. The lowest BCUT2D eigenvalue weighted by atomic mass is 9.84. The zero-order valence-corrected chi connectivity index (χ0v) is 12.8. The zero-order valence-electron chi connectivity index (χ0n) is 11.9. The minimum absolute atomic E-state index is 0.0129. The van der Waals surface area contributed by atoms with Crippen LogP contribution in [0.15, 0.2) is 0 Å². The normalized spacial score (nSPS) is 24.0. The number of nitrogens with one attached hydrogen (secondary N) is 1. The van der Waals surface area contributed by atoms with Gasteiger partial charge in [0.05, 0.1) is 5.88 Å². The topological polar surface area (TPSA) is 69.6 Å². The minimum atomic E-state index is -4.68. The van der Waals surface area contributed by atoms with Crippen LogP contribution in [0, 0.1) is 5.92 Å². The molecule has 0 aromatic rings. The van der Waals surface area contributed by atoms with Crippen LogP contribution in [0.25, 0.3) is 0 Å². The lowest BCUT2D eigenvalue weighted by molar-refractivity contribution is -0.205. The SMILES string of the molecule is O=C(NCC[C@H](O)C(F)(F)F)[C@H]1CSCN1C(=O)C1CCC1. The maximum atomic E-state index is 12.2. The second kappa shape index (κ2) is 7.08. The van der Waals surface area contributed by atoms with Gasteiger partial charge in [0, 0.05) is 18.2 Å². The van der Waals surface area contributed by atoms with Crippen LogP contribution in [0.4, 0.5) is 13.2 Å². The molecule has 2 aliphatic rings. The molecule has 2 rings (SSSR count). The van der Waals surface area contributed by atoms with Crippen molar-refractivity contribution in [3.63, 3.8) is 0 Å². The summed E-state index contributed by atoms with van der Waals surface area (Å²) in [5.41, 5.74) is 0. The van der Waals surface area contributed by atoms with Crippen molar-refractivity contribution < 1.29 is 27.9 Å². The first-order valence-corrected chi connectivity index (χ1v) is 8.37. The van der Waals surface area contributed by atoms with E-state index in [1.54, 1.807) is 0 Å². The monoisotopic (exact) mass is 340 g/mol. The number of thioether (sulfide) groups is 1. The Morgan fingerprint density at radius 2 is 2.05 bits per heavy atom. The lowest BCUT2D eigenvalue weighted by Gasteiger charge is -2.31. The molecule has 0 bridgehead atoms. The zero-order chi connectivity index (χ0) is 16.3. The third-order valence-electron chi connectivity index (χ3n) is 4.02. The third kappa shape index (κ3) is 4.07. The molecule has 2 amide bonds. The van der Waals surface area contributed by atoms with E-state index in [1.165, 1.54) is 16.7 Å². The molecule has 1 aliphatic heterocycles. The molecular formula is C13H19F3N2O3S. The number of alkyl halides is 3. The molecule has 0 radical (unpaired) electrons. The lowest BCUT2D eigenvalue weighted by Crippen LogP contribution is -2.50. The second-order valence-electron chi connectivity index (χ2n) is 5.59. The van der Waals surface area contributed by atoms with Crippen LogP contribution in [0.5, 0.6) is 0 Å². The maximum absolute atomic E-state index is 12.2. The van der Waals surface area contributed by atoms with E-state index in [9.17, 15) is 22.8 Å². The first kappa shape index (κ1) is 17.4. The highest BCUT2D eigenvalue weighted by Crippen LogP contribution is 2.32. The van der Waals surface area contributed by atoms with E-state index < -0.39 is 30.7 Å². The molecular weight excluding hydrogens is 321 g/mol. The number of aliphatic hydroxyl groups is 1. The summed E-state index contributed by atoms with van der Waals surface area (Å²) in [6.07, 6.45) is -5.02. The summed E-state index contributed by atoms with van der Waals surface area (Å²) < 4.78 is 36.5. The molecule has 2 N–H and O–H groups in total. The average molecular weight is 340 g/mol. The molecule has 1 saturated heterocycles. The maximum Gasteiger partial charge on any atom is 0.414 e. The van der Waals surface area contributed by atoms with Crippen LogP contribution in [-0.2, 0) is 9.59 Å². The summed E-state index contributed by atoms with van der Waals surface area (Å²) >= 11 is 1.46. The Bertz CT molecular complexity index is 429. The largest absolute Gasteiger partial charge is 0.414 e. The van der Waals surface area contributed by atoms with Crippen molar-refractivity contribution >= 4 is 23.6 Å². The predicted octanol–water partition coefficient (Wildman–Crippen LogP) is 1.12. The van der Waals surface area contributed by atoms with Crippen molar-refractivity contribution in [1.82, 2.24) is 10.2 Å². The van der Waals surface area contributed by atoms with Crippen molar-refractivity contribution in [2.24, 2.45) is 5.92 Å². The smallest absolute Gasteiger partial charge is 0.384 e. The minimum Gasteiger partial charge on any atom is -0.384 e. The number of halogens is 3. The Labute approximate surface area is 130 Å². The van der Waals surface area contributed by atoms with Crippen molar-refractivity contribution in [3.8, 4) is 0 Å². The van der Waals surface area contributed by atoms with Gasteiger partial charge in [-0.05, 0) is 19.3 Å². The van der Waals surface area contributed by atoms with Gasteiger partial charge in [-0.1, -0.05) is 6.42 Å². The van der Waals surface area contributed by atoms with Crippen molar-refractivity contribution in [3.05, 3.63) is 0 Å². The second-order valence-corrected chi connectivity index (χ2v) is 6.59. The summed E-state index contributed by atoms with van der Waals surface area (Å²) in [6.45, 7) is -0.272. The van der Waals surface area contributed by atoms with E-state index in [1.807, 2.05) is 0 Å². The predicted molar refractivity (Wildman–Crippen MR) is 75.0 cm³/mol. The Kier molecular flexibility index (Phi) is 5.60. The fraction of sp³-hybridized carbons (Fsp3) is 0.846. The Balaban J connectivity index is 1.79. The highest BCUT2D eigenvalue weighted by Gasteiger charge is 2.40. The molecule has 2 atom stereocenters. The molecule has 22 heavy (non-hydrogen) atoms. The molecule has 0 aromatic carbocycles. The summed E-state index contributed by atoms with van der Waals surface area (Å²) in [5.74, 6) is 0.393. The molecule has 0 spiro atoms. The molecule has 0 unspecified atom stereocenters. The van der Waals surface area contributed by atoms with E-state index in [0.717, 1.165) is 19.3 Å². The van der Waals surface area contributed by atoms with E-state index in [-0.39, 0.29) is 18.4 Å². The number of hydrogen-bond acceptors (Lipinski definition) is 4. The van der Waals surface area contributed by atoms with Gasteiger partial charge in [-0.25, -0.2) is 0 Å². The molecule has 1 heterocycles. The number of rotatable bonds is 5. The molecule has 5 nitrogen and oxygen atoms in total. The quantitative estimate of drug-likeness (QED) is 0.787. The summed E-state index contributed by atoms with van der Waals surface area (Å²) in [6, 6.07) is -0.624. The molecule has 1 aliphatic carbocycles. The van der Waals surface area contributed by atoms with Crippen molar-refractivity contribution in [1.29, 1.82) is 0 Å². The van der Waals surface area contributed by atoms with E-state index >= 15 is 0 Å². The van der Waals surface area contributed by atoms with Crippen molar-refractivity contribution in [2.45, 2.75) is 44.0 Å². The summed E-state index contributed by atoms with van der Waals surface area (Å²) in [4.78, 5) is 25.8. The molecule has 0 aromatic heterocycles. The number of aliphatic hydroxyl groups excluding tert-OH is 1. The van der Waals surface area contributed by atoms with Gasteiger partial charge in [0.25, 0.3) is 0 Å². The Morgan fingerprint density at radius 1 is 1.36 bits per heavy atom. The highest BCUT2D eigenvalue weighted by atomic mass is 32.2. The number of carbonyl (C=O) groups is 2. The van der Waals surface area contributed by atoms with Crippen LogP contribution < -0.4 is 5.32 Å². The highest BCUT2D eigenvalue weighted by molar-refractivity contribution is 7.99. The standard InChI is InChI=1S/C13H19F3N2O3S/c14-13(15,16)10(19)4-5-17-11(20)9-6-22-7-18(9)12(21)8-2-1-3-8/h8-10,19H,1-7H2,(H,17,20)/t9-,10+/m1/s1. The van der Waals surface area contributed by atoms with Gasteiger partial charge in [0.2, 0.25) is 11.8 Å². The molecule has 9 heteroatoms. The Morgan fingerprint density at radius 3 is 2.59 bits per heavy atom. The number of nitrogens with zero attached hydrogens (tertiary/aromatic N) is 1. The van der Waals surface area contributed by atoms with Crippen LogP contribution in [0.2, 0.25) is 0 Å². The van der Waals surface area contributed by atoms with Gasteiger partial charge in [-0.15, -0.1) is 11.8 Å². The number of hydrogen-bond donors (Lipinski definition) is 2. The third-order valence-corrected chi connectivity index (χ3v) is 5.03. The average Bonchev–Trinajstić information content (AvgIpc) is 2.84. The van der Waals surface area contributed by atoms with Crippen LogP contribution >= 0.6 is 11.8 Å². The van der Waals surface area contributed by atoms with Crippen LogP contribution in [0.3, 0.4) is 0 Å². The van der Waals surface area contributed by atoms with E-state index in [0.29, 0.717) is 11.6 Å². The van der Waals surface area contributed by atoms with Gasteiger partial charge in [0.15, 0.2) is 6.10 Å². The van der Waals surface area contributed by atoms with Gasteiger partial charge >= 0.3 is 6.18 Å². The first-order chi connectivity index (χ1) is 10.3.